The van der Waals surface area contributed by atoms with Crippen molar-refractivity contribution in [2.75, 3.05) is 0 Å². The molecule has 0 fully saturated rings. The van der Waals surface area contributed by atoms with Crippen LogP contribution in [0.25, 0.3) is 0 Å². The predicted molar refractivity (Wildman–Crippen MR) is 19.0 cm³/mol. The van der Waals surface area contributed by atoms with E-state index in [9.17, 15) is 0 Å². The van der Waals surface area contributed by atoms with Gasteiger partial charge in [0.15, 0.2) is 0 Å². The Hall–Kier alpha value is 3.58. The molecule has 0 aliphatic rings. The molecule has 0 nitrogen and oxygen atoms in total. The zero-order chi connectivity index (χ0) is 0. The Labute approximate surface area is 112 Å². The quantitative estimate of drug-likeness (QED) is 0.377. The zero-order valence-electron chi connectivity index (χ0n) is 6.12. The second kappa shape index (κ2) is 16.0. The van der Waals surface area contributed by atoms with Crippen molar-refractivity contribution in [2.24, 2.45) is 0 Å². The Morgan fingerprint density at radius 1 is 1.25 bits per heavy atom. The van der Waals surface area contributed by atoms with Gasteiger partial charge in [-0.15, -0.1) is 0 Å². The molecule has 0 rings (SSSR count). The Balaban J connectivity index is 0. The molecular formula is H6BiLiSrZn. The van der Waals surface area contributed by atoms with Crippen LogP contribution in [0.5, 0.6) is 0 Å². The van der Waals surface area contributed by atoms with Crippen LogP contribution in [-0.2, 0) is 19.5 Å². The number of rotatable bonds is 0. The molecule has 16 valence electrons. The average molecular weight is 375 g/mol. The summed E-state index contributed by atoms with van der Waals surface area (Å²) in [5.41, 5.74) is 0. The van der Waals surface area contributed by atoms with Crippen molar-refractivity contribution >= 4 is 71.7 Å². The molecule has 0 radical (unpaired) electrons. The predicted octanol–water partition coefficient (Wildman–Crippen LogP) is -4.23. The summed E-state index contributed by atoms with van der Waals surface area (Å²) in [6.07, 6.45) is 0. The van der Waals surface area contributed by atoms with Crippen molar-refractivity contribution in [3.8, 4) is 0 Å². The van der Waals surface area contributed by atoms with Gasteiger partial charge in [-0.3, -0.25) is 0 Å². The van der Waals surface area contributed by atoms with E-state index < -0.39 is 0 Å². The van der Waals surface area contributed by atoms with Gasteiger partial charge in [-0.1, -0.05) is 0 Å². The molecular weight excluding hydrogens is 369 g/mol. The first kappa shape index (κ1) is 25.6. The van der Waals surface area contributed by atoms with Crippen LogP contribution in [0.15, 0.2) is 0 Å². The first-order chi connectivity index (χ1) is 0. The smallest absolute Gasteiger partial charge is 1.00 e. The second-order valence-electron chi connectivity index (χ2n) is 0. The molecule has 0 aliphatic heterocycles. The third kappa shape index (κ3) is 9.14. The van der Waals surface area contributed by atoms with Crippen LogP contribution in [0.4, 0.5) is 0 Å². The van der Waals surface area contributed by atoms with Gasteiger partial charge >= 0.3 is 90.5 Å². The van der Waals surface area contributed by atoms with Crippen molar-refractivity contribution in [3.63, 3.8) is 0 Å². The van der Waals surface area contributed by atoms with Gasteiger partial charge in [0.25, 0.3) is 0 Å². The normalized spacial score (nSPS) is 0. The maximum Gasteiger partial charge on any atom is 2.00 e. The molecule has 0 aliphatic carbocycles. The fourth-order valence-corrected chi connectivity index (χ4v) is 0. The minimum atomic E-state index is 0. The summed E-state index contributed by atoms with van der Waals surface area (Å²) < 4.78 is 0. The maximum absolute atomic E-state index is 0. The first-order valence-electron chi connectivity index (χ1n) is 0. The van der Waals surface area contributed by atoms with E-state index in [4.69, 9.17) is 0 Å². The van der Waals surface area contributed by atoms with Crippen LogP contribution in [0.3, 0.4) is 0 Å². The Morgan fingerprint density at radius 2 is 1.25 bits per heavy atom. The summed E-state index contributed by atoms with van der Waals surface area (Å²) in [5, 5.41) is 0. The van der Waals surface area contributed by atoms with Gasteiger partial charge in [-0.25, -0.2) is 0 Å². The van der Waals surface area contributed by atoms with Crippen molar-refractivity contribution < 1.29 is 42.6 Å². The molecule has 0 aromatic rings. The topological polar surface area (TPSA) is 0 Å². The summed E-state index contributed by atoms with van der Waals surface area (Å²) in [7, 11) is 0. The third-order valence-electron chi connectivity index (χ3n) is 0. The van der Waals surface area contributed by atoms with Crippen LogP contribution in [0.1, 0.15) is 4.28 Å². The standard InChI is InChI=1S/Bi.Li.Sr.Zn.6H/q;+1;+2;;;;;3*-1. The average Bonchev–Trinajstić information content (AvgIpc) is 0. The van der Waals surface area contributed by atoms with E-state index in [2.05, 4.69) is 0 Å². The van der Waals surface area contributed by atoms with Crippen LogP contribution in [0, 0.1) is 0 Å². The van der Waals surface area contributed by atoms with Gasteiger partial charge in [0.2, 0.25) is 0 Å². The SMILES string of the molecule is [BiH3].[H-].[H-].[H-].[Li+].[Sr+2].[Zn]. The second-order valence-corrected chi connectivity index (χ2v) is 0. The largest absolute Gasteiger partial charge is 2.00 e. The van der Waals surface area contributed by atoms with Gasteiger partial charge < -0.3 is 4.28 Å². The molecule has 0 spiro atoms. The fraction of sp³-hybridized carbons (Fsp3) is 0. The van der Waals surface area contributed by atoms with Gasteiger partial charge in [0, 0.05) is 19.5 Å². The molecule has 0 unspecified atom stereocenters. The van der Waals surface area contributed by atoms with Crippen molar-refractivity contribution in [1.29, 1.82) is 0 Å². The molecule has 4 heavy (non-hydrogen) atoms. The molecule has 0 N–H and O–H groups in total. The molecule has 0 bridgehead atoms. The van der Waals surface area contributed by atoms with Crippen LogP contribution in [0.2, 0.25) is 0 Å². The van der Waals surface area contributed by atoms with Crippen molar-refractivity contribution in [3.05, 3.63) is 0 Å². The van der Waals surface area contributed by atoms with E-state index in [1.165, 1.54) is 0 Å². The maximum atomic E-state index is 0. The van der Waals surface area contributed by atoms with E-state index in [0.29, 0.717) is 0 Å². The van der Waals surface area contributed by atoms with Gasteiger partial charge in [0.1, 0.15) is 0 Å². The first-order valence-corrected chi connectivity index (χ1v) is 0. The minimum absolute atomic E-state index is 0. The molecule has 4 heteroatoms. The summed E-state index contributed by atoms with van der Waals surface area (Å²) in [6, 6.07) is 0. The van der Waals surface area contributed by atoms with Crippen LogP contribution < -0.4 is 18.9 Å². The Morgan fingerprint density at radius 3 is 1.25 bits per heavy atom. The van der Waals surface area contributed by atoms with Crippen LogP contribution >= 0.6 is 0 Å². The molecule has 0 aromatic heterocycles. The van der Waals surface area contributed by atoms with E-state index in [0.717, 1.165) is 0 Å². The Kier molecular flexibility index (Phi) is 102. The van der Waals surface area contributed by atoms with Gasteiger partial charge in [-0.05, 0) is 0 Å². The molecule has 0 amide bonds. The van der Waals surface area contributed by atoms with Crippen molar-refractivity contribution in [1.82, 2.24) is 0 Å². The van der Waals surface area contributed by atoms with Gasteiger partial charge in [-0.2, -0.15) is 0 Å². The van der Waals surface area contributed by atoms with Crippen molar-refractivity contribution in [2.45, 2.75) is 0 Å². The summed E-state index contributed by atoms with van der Waals surface area (Å²) in [6.45, 7) is 0. The van der Waals surface area contributed by atoms with Crippen LogP contribution in [-0.4, -0.2) is 71.7 Å². The molecule has 0 saturated carbocycles. The van der Waals surface area contributed by atoms with E-state index in [-0.39, 0.29) is 114 Å². The third-order valence-corrected chi connectivity index (χ3v) is 0. The van der Waals surface area contributed by atoms with E-state index in [1.54, 1.807) is 0 Å². The molecule has 0 heterocycles. The van der Waals surface area contributed by atoms with Gasteiger partial charge in [0.05, 0.1) is 0 Å². The molecule has 0 aromatic carbocycles. The summed E-state index contributed by atoms with van der Waals surface area (Å²) >= 11 is 0. The monoisotopic (exact) mass is 374 g/mol. The minimum Gasteiger partial charge on any atom is -1.00 e. The summed E-state index contributed by atoms with van der Waals surface area (Å²) in [4.78, 5) is 0. The molecule has 0 atom stereocenters. The zero-order valence-corrected chi connectivity index (χ0v) is 15.1. The number of hydrogen-bond donors (Lipinski definition) is 0. The summed E-state index contributed by atoms with van der Waals surface area (Å²) in [5.74, 6) is 0. The Bertz CT molecular complexity index is 14.9. The number of hydrogen-bond acceptors (Lipinski definition) is 0. The van der Waals surface area contributed by atoms with E-state index >= 15 is 0 Å². The molecule has 0 saturated heterocycles. The fourth-order valence-electron chi connectivity index (χ4n) is 0. The van der Waals surface area contributed by atoms with E-state index in [1.807, 2.05) is 0 Å².